The average molecular weight is 672 g/mol. The van der Waals surface area contributed by atoms with Gasteiger partial charge in [0.25, 0.3) is 0 Å². The summed E-state index contributed by atoms with van der Waals surface area (Å²) in [6, 6.07) is 18.9. The topological polar surface area (TPSA) is 57.1 Å². The van der Waals surface area contributed by atoms with Crippen LogP contribution in [0, 0.1) is 7.14 Å². The summed E-state index contributed by atoms with van der Waals surface area (Å²) < 4.78 is 19.0. The molecule has 0 unspecified atom stereocenters. The number of carbonyl (C=O) groups excluding carboxylic acids is 1. The largest absolute Gasteiger partial charge is 0.493 e. The summed E-state index contributed by atoms with van der Waals surface area (Å²) >= 11 is 10.7. The second-order valence-corrected chi connectivity index (χ2v) is 9.66. The van der Waals surface area contributed by atoms with Gasteiger partial charge in [0.05, 0.1) is 17.7 Å². The molecule has 0 spiro atoms. The Hall–Kier alpha value is -2.11. The third-order valence-corrected chi connectivity index (χ3v) is 6.24. The molecule has 0 amide bonds. The van der Waals surface area contributed by atoms with Crippen LogP contribution in [0.2, 0.25) is 5.02 Å². The Morgan fingerprint density at radius 1 is 1.06 bits per heavy atom. The lowest BCUT2D eigenvalue weighted by atomic mass is 10.1. The molecule has 8 heteroatoms. The summed E-state index contributed by atoms with van der Waals surface area (Å²) in [6.45, 7) is 0.352. The van der Waals surface area contributed by atoms with Crippen molar-refractivity contribution in [2.24, 2.45) is 4.99 Å². The van der Waals surface area contributed by atoms with Crippen LogP contribution in [0.5, 0.6) is 11.5 Å². The van der Waals surface area contributed by atoms with E-state index in [2.05, 4.69) is 50.2 Å². The smallest absolute Gasteiger partial charge is 0.363 e. The number of rotatable bonds is 6. The number of methoxy groups -OCH3 is 1. The normalized spacial score (nSPS) is 14.3. The van der Waals surface area contributed by atoms with Crippen molar-refractivity contribution >= 4 is 74.7 Å². The van der Waals surface area contributed by atoms with Gasteiger partial charge in [0.1, 0.15) is 6.61 Å². The van der Waals surface area contributed by atoms with E-state index in [0.717, 1.165) is 12.7 Å². The molecule has 1 aliphatic rings. The maximum absolute atomic E-state index is 12.5. The lowest BCUT2D eigenvalue weighted by molar-refractivity contribution is -0.129. The van der Waals surface area contributed by atoms with Crippen LogP contribution >= 0.6 is 56.8 Å². The molecule has 3 aromatic carbocycles. The number of halogens is 3. The third-order valence-electron chi connectivity index (χ3n) is 4.57. The molecule has 32 heavy (non-hydrogen) atoms. The molecule has 5 nitrogen and oxygen atoms in total. The highest BCUT2D eigenvalue weighted by Gasteiger charge is 2.26. The molecule has 0 saturated heterocycles. The van der Waals surface area contributed by atoms with Gasteiger partial charge in [-0.3, -0.25) is 0 Å². The molecular formula is C24H16ClI2NO4. The molecule has 3 aromatic rings. The zero-order valence-electron chi connectivity index (χ0n) is 16.8. The second kappa shape index (κ2) is 10.2. The van der Waals surface area contributed by atoms with Crippen LogP contribution in [0.3, 0.4) is 0 Å². The molecule has 0 atom stereocenters. The van der Waals surface area contributed by atoms with E-state index in [9.17, 15) is 4.79 Å². The molecule has 0 fully saturated rings. The first-order valence-corrected chi connectivity index (χ1v) is 12.0. The van der Waals surface area contributed by atoms with Crippen LogP contribution in [-0.2, 0) is 16.1 Å². The maximum atomic E-state index is 12.5. The second-order valence-electron chi connectivity index (χ2n) is 6.76. The van der Waals surface area contributed by atoms with Gasteiger partial charge < -0.3 is 14.2 Å². The minimum absolute atomic E-state index is 0.155. The van der Waals surface area contributed by atoms with E-state index in [0.29, 0.717) is 34.3 Å². The molecular weight excluding hydrogens is 656 g/mol. The first-order valence-electron chi connectivity index (χ1n) is 9.47. The molecule has 0 aliphatic carbocycles. The predicted molar refractivity (Wildman–Crippen MR) is 141 cm³/mol. The highest BCUT2D eigenvalue weighted by Crippen LogP contribution is 2.34. The molecule has 0 saturated carbocycles. The van der Waals surface area contributed by atoms with Crippen LogP contribution in [0.15, 0.2) is 71.4 Å². The van der Waals surface area contributed by atoms with Gasteiger partial charge in [0.2, 0.25) is 5.90 Å². The van der Waals surface area contributed by atoms with E-state index in [-0.39, 0.29) is 11.6 Å². The van der Waals surface area contributed by atoms with E-state index < -0.39 is 5.97 Å². The summed E-state index contributed by atoms with van der Waals surface area (Å²) in [5, 5.41) is 0.459. The van der Waals surface area contributed by atoms with Crippen molar-refractivity contribution in [3.8, 4) is 11.5 Å². The van der Waals surface area contributed by atoms with Gasteiger partial charge in [-0.1, -0.05) is 35.9 Å². The highest BCUT2D eigenvalue weighted by molar-refractivity contribution is 14.1. The van der Waals surface area contributed by atoms with Gasteiger partial charge in [-0.2, -0.15) is 0 Å². The summed E-state index contributed by atoms with van der Waals surface area (Å²) in [5.41, 5.74) is 2.40. The van der Waals surface area contributed by atoms with Crippen LogP contribution < -0.4 is 9.47 Å². The molecule has 0 N–H and O–H groups in total. The molecule has 1 heterocycles. The Kier molecular flexibility index (Phi) is 7.37. The van der Waals surface area contributed by atoms with Crippen LogP contribution in [0.4, 0.5) is 0 Å². The van der Waals surface area contributed by atoms with Crippen LogP contribution in [-0.4, -0.2) is 19.0 Å². The first kappa shape index (κ1) is 23.1. The van der Waals surface area contributed by atoms with Gasteiger partial charge in [-0.25, -0.2) is 9.79 Å². The Morgan fingerprint density at radius 2 is 1.84 bits per heavy atom. The number of cyclic esters (lactones) is 1. The Balaban J connectivity index is 1.68. The van der Waals surface area contributed by atoms with Crippen molar-refractivity contribution in [3.63, 3.8) is 0 Å². The summed E-state index contributed by atoms with van der Waals surface area (Å²) in [7, 11) is 1.57. The van der Waals surface area contributed by atoms with Gasteiger partial charge >= 0.3 is 5.97 Å². The predicted octanol–water partition coefficient (Wildman–Crippen LogP) is 6.48. The van der Waals surface area contributed by atoms with Crippen molar-refractivity contribution in [1.82, 2.24) is 0 Å². The van der Waals surface area contributed by atoms with E-state index in [1.807, 2.05) is 48.5 Å². The fourth-order valence-electron chi connectivity index (χ4n) is 3.08. The van der Waals surface area contributed by atoms with Crippen molar-refractivity contribution in [2.45, 2.75) is 6.61 Å². The summed E-state index contributed by atoms with van der Waals surface area (Å²) in [5.74, 6) is 0.696. The average Bonchev–Trinajstić information content (AvgIpc) is 3.14. The zero-order valence-corrected chi connectivity index (χ0v) is 21.8. The Morgan fingerprint density at radius 3 is 2.62 bits per heavy atom. The summed E-state index contributed by atoms with van der Waals surface area (Å²) in [4.78, 5) is 16.9. The number of aliphatic imine (C=N–C) groups is 1. The quantitative estimate of drug-likeness (QED) is 0.171. The number of benzene rings is 3. The number of esters is 1. The third kappa shape index (κ3) is 5.26. The molecule has 4 rings (SSSR count). The lowest BCUT2D eigenvalue weighted by Crippen LogP contribution is -2.06. The fourth-order valence-corrected chi connectivity index (χ4v) is 4.37. The van der Waals surface area contributed by atoms with Gasteiger partial charge in [-0.05, 0) is 93.2 Å². The van der Waals surface area contributed by atoms with Gasteiger partial charge in [-0.15, -0.1) is 0 Å². The first-order chi connectivity index (χ1) is 15.4. The molecule has 0 radical (unpaired) electrons. The van der Waals surface area contributed by atoms with Gasteiger partial charge in [0, 0.05) is 12.7 Å². The van der Waals surface area contributed by atoms with Crippen molar-refractivity contribution in [3.05, 3.63) is 95.2 Å². The van der Waals surface area contributed by atoms with Crippen LogP contribution in [0.1, 0.15) is 16.7 Å². The van der Waals surface area contributed by atoms with Crippen molar-refractivity contribution < 1.29 is 19.0 Å². The van der Waals surface area contributed by atoms with Crippen molar-refractivity contribution in [1.29, 1.82) is 0 Å². The minimum atomic E-state index is -0.554. The number of ether oxygens (including phenoxy) is 3. The number of hydrogen-bond donors (Lipinski definition) is 0. The number of hydrogen-bond acceptors (Lipinski definition) is 5. The zero-order chi connectivity index (χ0) is 22.7. The number of carbonyl (C=O) groups is 1. The van der Waals surface area contributed by atoms with Gasteiger partial charge in [0.15, 0.2) is 17.2 Å². The fraction of sp³-hybridized carbons (Fsp3) is 0.0833. The summed E-state index contributed by atoms with van der Waals surface area (Å²) in [6.07, 6.45) is 1.63. The lowest BCUT2D eigenvalue weighted by Gasteiger charge is -2.13. The number of nitrogens with zero attached hydrogens (tertiary/aromatic N) is 1. The molecule has 1 aliphatic heterocycles. The van der Waals surface area contributed by atoms with Crippen LogP contribution in [0.25, 0.3) is 6.08 Å². The molecule has 162 valence electrons. The van der Waals surface area contributed by atoms with E-state index in [4.69, 9.17) is 25.8 Å². The van der Waals surface area contributed by atoms with E-state index in [1.54, 1.807) is 25.3 Å². The minimum Gasteiger partial charge on any atom is -0.493 e. The highest BCUT2D eigenvalue weighted by atomic mass is 127. The monoisotopic (exact) mass is 671 g/mol. The van der Waals surface area contributed by atoms with Crippen molar-refractivity contribution in [2.75, 3.05) is 7.11 Å². The maximum Gasteiger partial charge on any atom is 0.363 e. The number of para-hydroxylation sites is 1. The molecule has 0 bridgehead atoms. The Labute approximate surface area is 217 Å². The molecule has 0 aromatic heterocycles. The SMILES string of the molecule is COc1cccc(/C=C2\N=C(c3cc(I)ccc3Cl)OC2=O)c1OCc1cccc(I)c1. The van der Waals surface area contributed by atoms with E-state index >= 15 is 0 Å². The standard InChI is InChI=1S/C24H16ClI2NO4/c1-30-21-7-3-5-15(22(21)31-13-14-4-2-6-16(26)10-14)11-20-24(29)32-23(28-20)18-12-17(27)8-9-19(18)25/h2-12H,13H2,1H3/b20-11-. The van der Waals surface area contributed by atoms with E-state index in [1.165, 1.54) is 0 Å². The Bertz CT molecular complexity index is 1260.